The van der Waals surface area contributed by atoms with E-state index in [0.29, 0.717) is 16.5 Å². The molecule has 5 nitrogen and oxygen atoms in total. The fourth-order valence-corrected chi connectivity index (χ4v) is 3.06. The van der Waals surface area contributed by atoms with Crippen molar-refractivity contribution in [2.75, 3.05) is 12.4 Å². The molecule has 0 unspecified atom stereocenters. The van der Waals surface area contributed by atoms with E-state index < -0.39 is 5.91 Å². The fourth-order valence-electron chi connectivity index (χ4n) is 2.07. The number of halogens is 1. The van der Waals surface area contributed by atoms with E-state index in [2.05, 4.69) is 17.8 Å². The van der Waals surface area contributed by atoms with Crippen LogP contribution in [0.3, 0.4) is 0 Å². The van der Waals surface area contributed by atoms with Crippen molar-refractivity contribution >= 4 is 35.2 Å². The first-order valence-electron chi connectivity index (χ1n) is 8.18. The van der Waals surface area contributed by atoms with E-state index in [4.69, 9.17) is 16.3 Å². The molecule has 2 aromatic carbocycles. The van der Waals surface area contributed by atoms with Crippen molar-refractivity contribution in [3.63, 3.8) is 0 Å². The second-order valence-electron chi connectivity index (χ2n) is 5.51. The molecular formula is C19H21ClN2O3S. The van der Waals surface area contributed by atoms with Gasteiger partial charge in [-0.05, 0) is 41.8 Å². The third-order valence-corrected chi connectivity index (χ3v) is 4.67. The molecule has 0 spiro atoms. The second kappa shape index (κ2) is 10.7. The van der Waals surface area contributed by atoms with E-state index in [0.717, 1.165) is 12.0 Å². The molecule has 2 aromatic rings. The SMILES string of the molecule is CCc1ccc(OCC(=O)NNC(=O)CSCc2cccc(Cl)c2)cc1. The Morgan fingerprint density at radius 2 is 1.77 bits per heavy atom. The second-order valence-corrected chi connectivity index (χ2v) is 6.93. The summed E-state index contributed by atoms with van der Waals surface area (Å²) in [7, 11) is 0. The Morgan fingerprint density at radius 1 is 1.04 bits per heavy atom. The highest BCUT2D eigenvalue weighted by Crippen LogP contribution is 2.16. The van der Waals surface area contributed by atoms with Gasteiger partial charge in [-0.15, -0.1) is 11.8 Å². The smallest absolute Gasteiger partial charge is 0.276 e. The summed E-state index contributed by atoms with van der Waals surface area (Å²) >= 11 is 7.35. The molecule has 2 N–H and O–H groups in total. The van der Waals surface area contributed by atoms with E-state index in [-0.39, 0.29) is 18.3 Å². The minimum atomic E-state index is -0.419. The molecule has 0 saturated carbocycles. The Kier molecular flexibility index (Phi) is 8.31. The van der Waals surface area contributed by atoms with Gasteiger partial charge in [0.15, 0.2) is 6.61 Å². The molecule has 0 aliphatic heterocycles. The quantitative estimate of drug-likeness (QED) is 0.676. The molecule has 0 saturated heterocycles. The molecule has 0 fully saturated rings. The molecule has 138 valence electrons. The van der Waals surface area contributed by atoms with Crippen molar-refractivity contribution < 1.29 is 14.3 Å². The predicted molar refractivity (Wildman–Crippen MR) is 105 cm³/mol. The van der Waals surface area contributed by atoms with E-state index >= 15 is 0 Å². The molecule has 0 radical (unpaired) electrons. The molecule has 0 bridgehead atoms. The van der Waals surface area contributed by atoms with Crippen LogP contribution in [-0.4, -0.2) is 24.2 Å². The maximum absolute atomic E-state index is 11.7. The number of rotatable bonds is 8. The topological polar surface area (TPSA) is 67.4 Å². The molecule has 0 aromatic heterocycles. The number of carbonyl (C=O) groups excluding carboxylic acids is 2. The molecule has 7 heteroatoms. The van der Waals surface area contributed by atoms with Crippen molar-refractivity contribution in [2.45, 2.75) is 19.1 Å². The number of benzene rings is 2. The van der Waals surface area contributed by atoms with E-state index in [9.17, 15) is 9.59 Å². The minimum absolute atomic E-state index is 0.165. The van der Waals surface area contributed by atoms with Gasteiger partial charge in [0.05, 0.1) is 5.75 Å². The Balaban J connectivity index is 1.61. The van der Waals surface area contributed by atoms with Gasteiger partial charge in [-0.1, -0.05) is 42.8 Å². The van der Waals surface area contributed by atoms with E-state index in [1.54, 1.807) is 6.07 Å². The van der Waals surface area contributed by atoms with Crippen molar-refractivity contribution in [3.05, 3.63) is 64.7 Å². The highest BCUT2D eigenvalue weighted by atomic mass is 35.5. The van der Waals surface area contributed by atoms with Crippen LogP contribution in [0, 0.1) is 0 Å². The maximum Gasteiger partial charge on any atom is 0.276 e. The van der Waals surface area contributed by atoms with Crippen molar-refractivity contribution in [1.82, 2.24) is 10.9 Å². The number of amides is 2. The normalized spacial score (nSPS) is 10.2. The van der Waals surface area contributed by atoms with Gasteiger partial charge in [-0.25, -0.2) is 0 Å². The third kappa shape index (κ3) is 7.37. The zero-order chi connectivity index (χ0) is 18.8. The molecule has 0 aliphatic carbocycles. The van der Waals surface area contributed by atoms with E-state index in [1.807, 2.05) is 42.5 Å². The lowest BCUT2D eigenvalue weighted by Gasteiger charge is -2.09. The Hall–Kier alpha value is -2.18. The van der Waals surface area contributed by atoms with Gasteiger partial charge in [-0.2, -0.15) is 0 Å². The molecular weight excluding hydrogens is 372 g/mol. The minimum Gasteiger partial charge on any atom is -0.484 e. The van der Waals surface area contributed by atoms with E-state index in [1.165, 1.54) is 17.3 Å². The van der Waals surface area contributed by atoms with Crippen LogP contribution in [0.5, 0.6) is 5.75 Å². The monoisotopic (exact) mass is 392 g/mol. The molecule has 0 atom stereocenters. The van der Waals surface area contributed by atoms with Crippen LogP contribution >= 0.6 is 23.4 Å². The van der Waals surface area contributed by atoms with Gasteiger partial charge in [0.2, 0.25) is 5.91 Å². The summed E-state index contributed by atoms with van der Waals surface area (Å²) in [6.07, 6.45) is 0.947. The summed E-state index contributed by atoms with van der Waals surface area (Å²) in [6, 6.07) is 15.0. The highest BCUT2D eigenvalue weighted by molar-refractivity contribution is 7.99. The first-order chi connectivity index (χ1) is 12.6. The van der Waals surface area contributed by atoms with Gasteiger partial charge in [0.25, 0.3) is 5.91 Å². The van der Waals surface area contributed by atoms with Crippen LogP contribution in [0.2, 0.25) is 5.02 Å². The summed E-state index contributed by atoms with van der Waals surface area (Å²) < 4.78 is 5.37. The molecule has 0 aliphatic rings. The van der Waals surface area contributed by atoms with Gasteiger partial charge in [-0.3, -0.25) is 20.4 Å². The zero-order valence-electron chi connectivity index (χ0n) is 14.5. The molecule has 0 heterocycles. The van der Waals surface area contributed by atoms with Crippen LogP contribution in [0.25, 0.3) is 0 Å². The van der Waals surface area contributed by atoms with Crippen LogP contribution in [0.15, 0.2) is 48.5 Å². The van der Waals surface area contributed by atoms with Crippen LogP contribution in [0.1, 0.15) is 18.1 Å². The van der Waals surface area contributed by atoms with Gasteiger partial charge in [0, 0.05) is 10.8 Å². The Morgan fingerprint density at radius 3 is 2.46 bits per heavy atom. The third-order valence-electron chi connectivity index (χ3n) is 3.43. The number of aryl methyl sites for hydroxylation is 1. The summed E-state index contributed by atoms with van der Waals surface area (Å²) in [4.78, 5) is 23.4. The van der Waals surface area contributed by atoms with Crippen LogP contribution in [0.4, 0.5) is 0 Å². The molecule has 26 heavy (non-hydrogen) atoms. The summed E-state index contributed by atoms with van der Waals surface area (Å²) in [5.74, 6) is 0.807. The average molecular weight is 393 g/mol. The number of thioether (sulfide) groups is 1. The lowest BCUT2D eigenvalue weighted by Crippen LogP contribution is -2.44. The van der Waals surface area contributed by atoms with Gasteiger partial charge < -0.3 is 4.74 Å². The lowest BCUT2D eigenvalue weighted by atomic mass is 10.2. The zero-order valence-corrected chi connectivity index (χ0v) is 16.0. The first kappa shape index (κ1) is 20.1. The maximum atomic E-state index is 11.7. The van der Waals surface area contributed by atoms with Crippen LogP contribution < -0.4 is 15.6 Å². The standard InChI is InChI=1S/C19H21ClN2O3S/c1-2-14-6-8-17(9-7-14)25-11-18(23)21-22-19(24)13-26-12-15-4-3-5-16(20)10-15/h3-10H,2,11-13H2,1H3,(H,21,23)(H,22,24). The number of hydrazine groups is 1. The highest BCUT2D eigenvalue weighted by Gasteiger charge is 2.06. The average Bonchev–Trinajstić information content (AvgIpc) is 2.65. The molecule has 2 rings (SSSR count). The largest absolute Gasteiger partial charge is 0.484 e. The Labute approximate surface area is 162 Å². The van der Waals surface area contributed by atoms with Crippen molar-refractivity contribution in [3.8, 4) is 5.75 Å². The number of hydrogen-bond donors (Lipinski definition) is 2. The summed E-state index contributed by atoms with van der Waals surface area (Å²) in [6.45, 7) is 1.90. The lowest BCUT2D eigenvalue weighted by molar-refractivity contribution is -0.128. The Bertz CT molecular complexity index is 738. The van der Waals surface area contributed by atoms with Gasteiger partial charge in [0.1, 0.15) is 5.75 Å². The van der Waals surface area contributed by atoms with Crippen molar-refractivity contribution in [1.29, 1.82) is 0 Å². The molecule has 2 amide bonds. The predicted octanol–water partition coefficient (Wildman–Crippen LogP) is 3.36. The first-order valence-corrected chi connectivity index (χ1v) is 9.71. The van der Waals surface area contributed by atoms with Crippen LogP contribution in [-0.2, 0) is 21.8 Å². The van der Waals surface area contributed by atoms with Crippen molar-refractivity contribution in [2.24, 2.45) is 0 Å². The number of hydrogen-bond acceptors (Lipinski definition) is 4. The van der Waals surface area contributed by atoms with Gasteiger partial charge >= 0.3 is 0 Å². The fraction of sp³-hybridized carbons (Fsp3) is 0.263. The summed E-state index contributed by atoms with van der Waals surface area (Å²) in [5, 5.41) is 0.671. The number of ether oxygens (including phenoxy) is 1. The number of carbonyl (C=O) groups is 2. The number of nitrogens with one attached hydrogen (secondary N) is 2. The summed E-state index contributed by atoms with van der Waals surface area (Å²) in [5.41, 5.74) is 6.95.